The second-order valence-electron chi connectivity index (χ2n) is 4.81. The monoisotopic (exact) mass is 232 g/mol. The van der Waals surface area contributed by atoms with Crippen molar-refractivity contribution in [3.8, 4) is 0 Å². The zero-order valence-electron chi connectivity index (χ0n) is 11.1. The standard InChI is InChI=1S/C15H24N2/c1-3-17(4-2)12-13-8-5-6-9-14(13)15-10-7-11-16-15/h5-6,8-9,15-16H,3-4,7,10-12H2,1-2H3. The molecule has 1 aromatic rings. The van der Waals surface area contributed by atoms with Crippen molar-refractivity contribution >= 4 is 0 Å². The minimum atomic E-state index is 0.585. The first-order chi connectivity index (χ1) is 8.35. The molecule has 1 atom stereocenters. The van der Waals surface area contributed by atoms with Crippen molar-refractivity contribution in [1.82, 2.24) is 10.2 Å². The van der Waals surface area contributed by atoms with Crippen LogP contribution in [0.3, 0.4) is 0 Å². The van der Waals surface area contributed by atoms with Crippen molar-refractivity contribution in [1.29, 1.82) is 0 Å². The Bertz CT molecular complexity index is 339. The molecule has 1 saturated heterocycles. The van der Waals surface area contributed by atoms with E-state index in [1.165, 1.54) is 30.5 Å². The van der Waals surface area contributed by atoms with Crippen LogP contribution in [0, 0.1) is 0 Å². The van der Waals surface area contributed by atoms with Crippen molar-refractivity contribution in [3.63, 3.8) is 0 Å². The molecule has 2 nitrogen and oxygen atoms in total. The summed E-state index contributed by atoms with van der Waals surface area (Å²) in [5.74, 6) is 0. The highest BCUT2D eigenvalue weighted by Gasteiger charge is 2.19. The Balaban J connectivity index is 2.14. The molecule has 2 heteroatoms. The van der Waals surface area contributed by atoms with Crippen molar-refractivity contribution in [2.24, 2.45) is 0 Å². The lowest BCUT2D eigenvalue weighted by molar-refractivity contribution is 0.294. The molecule has 1 aromatic carbocycles. The van der Waals surface area contributed by atoms with Crippen LogP contribution in [0.4, 0.5) is 0 Å². The van der Waals surface area contributed by atoms with E-state index in [1.807, 2.05) is 0 Å². The Morgan fingerprint density at radius 3 is 2.65 bits per heavy atom. The molecular formula is C15H24N2. The van der Waals surface area contributed by atoms with Crippen molar-refractivity contribution < 1.29 is 0 Å². The molecular weight excluding hydrogens is 208 g/mol. The van der Waals surface area contributed by atoms with Crippen molar-refractivity contribution in [3.05, 3.63) is 35.4 Å². The second kappa shape index (κ2) is 6.18. The third kappa shape index (κ3) is 3.08. The van der Waals surface area contributed by atoms with Gasteiger partial charge in [0.05, 0.1) is 0 Å². The van der Waals surface area contributed by atoms with Crippen LogP contribution in [0.1, 0.15) is 43.9 Å². The Labute approximate surface area is 105 Å². The Kier molecular flexibility index (Phi) is 4.57. The molecule has 1 fully saturated rings. The van der Waals surface area contributed by atoms with Gasteiger partial charge in [0.15, 0.2) is 0 Å². The quantitative estimate of drug-likeness (QED) is 0.839. The van der Waals surface area contributed by atoms with Crippen LogP contribution in [0.2, 0.25) is 0 Å². The van der Waals surface area contributed by atoms with Gasteiger partial charge in [-0.15, -0.1) is 0 Å². The molecule has 0 radical (unpaired) electrons. The Hall–Kier alpha value is -0.860. The predicted molar refractivity (Wildman–Crippen MR) is 73.0 cm³/mol. The second-order valence-corrected chi connectivity index (χ2v) is 4.81. The minimum absolute atomic E-state index is 0.585. The molecule has 1 N–H and O–H groups in total. The molecule has 1 aliphatic rings. The first kappa shape index (κ1) is 12.6. The maximum absolute atomic E-state index is 3.60. The highest BCUT2D eigenvalue weighted by Crippen LogP contribution is 2.26. The van der Waals surface area contributed by atoms with Crippen LogP contribution >= 0.6 is 0 Å². The van der Waals surface area contributed by atoms with Gasteiger partial charge in [-0.05, 0) is 43.6 Å². The zero-order valence-corrected chi connectivity index (χ0v) is 11.1. The summed E-state index contributed by atoms with van der Waals surface area (Å²) in [5, 5.41) is 3.60. The number of nitrogens with zero attached hydrogens (tertiary/aromatic N) is 1. The topological polar surface area (TPSA) is 15.3 Å². The van der Waals surface area contributed by atoms with Crippen LogP contribution in [-0.2, 0) is 6.54 Å². The van der Waals surface area contributed by atoms with Crippen molar-refractivity contribution in [2.75, 3.05) is 19.6 Å². The van der Waals surface area contributed by atoms with Gasteiger partial charge in [0.25, 0.3) is 0 Å². The molecule has 0 aromatic heterocycles. The maximum Gasteiger partial charge on any atom is 0.0323 e. The first-order valence-electron chi connectivity index (χ1n) is 6.88. The average Bonchev–Trinajstić information content (AvgIpc) is 2.90. The largest absolute Gasteiger partial charge is 0.310 e. The van der Waals surface area contributed by atoms with E-state index in [0.717, 1.165) is 19.6 Å². The lowest BCUT2D eigenvalue weighted by Crippen LogP contribution is -2.24. The summed E-state index contributed by atoms with van der Waals surface area (Å²) < 4.78 is 0. The van der Waals surface area contributed by atoms with Gasteiger partial charge in [-0.1, -0.05) is 38.1 Å². The minimum Gasteiger partial charge on any atom is -0.310 e. The molecule has 1 heterocycles. The normalized spacial score (nSPS) is 20.1. The maximum atomic E-state index is 3.60. The highest BCUT2D eigenvalue weighted by atomic mass is 15.1. The summed E-state index contributed by atoms with van der Waals surface area (Å²) in [7, 11) is 0. The van der Waals surface area contributed by atoms with Crippen LogP contribution in [0.25, 0.3) is 0 Å². The smallest absolute Gasteiger partial charge is 0.0323 e. The summed E-state index contributed by atoms with van der Waals surface area (Å²) in [6.07, 6.45) is 2.60. The summed E-state index contributed by atoms with van der Waals surface area (Å²) in [4.78, 5) is 2.48. The summed E-state index contributed by atoms with van der Waals surface area (Å²) >= 11 is 0. The molecule has 1 aliphatic heterocycles. The van der Waals surface area contributed by atoms with E-state index >= 15 is 0 Å². The van der Waals surface area contributed by atoms with E-state index in [4.69, 9.17) is 0 Å². The molecule has 0 spiro atoms. The van der Waals surface area contributed by atoms with Gasteiger partial charge in [0, 0.05) is 12.6 Å². The molecule has 1 unspecified atom stereocenters. The third-order valence-corrected chi connectivity index (χ3v) is 3.78. The number of benzene rings is 1. The molecule has 17 heavy (non-hydrogen) atoms. The van der Waals surface area contributed by atoms with E-state index in [0.29, 0.717) is 6.04 Å². The van der Waals surface area contributed by atoms with E-state index < -0.39 is 0 Å². The molecule has 2 rings (SSSR count). The lowest BCUT2D eigenvalue weighted by atomic mass is 9.99. The average molecular weight is 232 g/mol. The fourth-order valence-electron chi connectivity index (χ4n) is 2.66. The number of hydrogen-bond donors (Lipinski definition) is 1. The third-order valence-electron chi connectivity index (χ3n) is 3.78. The Morgan fingerprint density at radius 2 is 2.00 bits per heavy atom. The van der Waals surface area contributed by atoms with Gasteiger partial charge < -0.3 is 5.32 Å². The molecule has 0 bridgehead atoms. The number of rotatable bonds is 5. The summed E-state index contributed by atoms with van der Waals surface area (Å²) in [5.41, 5.74) is 3.01. The van der Waals surface area contributed by atoms with E-state index in [-0.39, 0.29) is 0 Å². The lowest BCUT2D eigenvalue weighted by Gasteiger charge is -2.22. The van der Waals surface area contributed by atoms with Crippen LogP contribution in [0.5, 0.6) is 0 Å². The van der Waals surface area contributed by atoms with E-state index in [1.54, 1.807) is 0 Å². The number of hydrogen-bond acceptors (Lipinski definition) is 2. The SMILES string of the molecule is CCN(CC)Cc1ccccc1C1CCCN1. The summed E-state index contributed by atoms with van der Waals surface area (Å²) in [6, 6.07) is 9.50. The van der Waals surface area contributed by atoms with Crippen LogP contribution in [0.15, 0.2) is 24.3 Å². The van der Waals surface area contributed by atoms with Gasteiger partial charge >= 0.3 is 0 Å². The fourth-order valence-corrected chi connectivity index (χ4v) is 2.66. The zero-order chi connectivity index (χ0) is 12.1. The van der Waals surface area contributed by atoms with E-state index in [2.05, 4.69) is 48.3 Å². The van der Waals surface area contributed by atoms with E-state index in [9.17, 15) is 0 Å². The van der Waals surface area contributed by atoms with Gasteiger partial charge in [0.2, 0.25) is 0 Å². The molecule has 94 valence electrons. The highest BCUT2D eigenvalue weighted by molar-refractivity contribution is 5.30. The van der Waals surface area contributed by atoms with Crippen LogP contribution in [-0.4, -0.2) is 24.5 Å². The summed E-state index contributed by atoms with van der Waals surface area (Å²) in [6.45, 7) is 8.98. The molecule has 0 amide bonds. The van der Waals surface area contributed by atoms with Gasteiger partial charge in [0.1, 0.15) is 0 Å². The van der Waals surface area contributed by atoms with Gasteiger partial charge in [-0.2, -0.15) is 0 Å². The fraction of sp³-hybridized carbons (Fsp3) is 0.600. The van der Waals surface area contributed by atoms with Crippen molar-refractivity contribution in [2.45, 2.75) is 39.3 Å². The molecule has 0 aliphatic carbocycles. The van der Waals surface area contributed by atoms with Crippen LogP contribution < -0.4 is 5.32 Å². The van der Waals surface area contributed by atoms with Gasteiger partial charge in [-0.25, -0.2) is 0 Å². The predicted octanol–water partition coefficient (Wildman–Crippen LogP) is 2.95. The van der Waals surface area contributed by atoms with Gasteiger partial charge in [-0.3, -0.25) is 4.90 Å². The Morgan fingerprint density at radius 1 is 1.24 bits per heavy atom. The number of nitrogens with one attached hydrogen (secondary N) is 1. The first-order valence-corrected chi connectivity index (χ1v) is 6.88. The molecule has 0 saturated carbocycles.